The van der Waals surface area contributed by atoms with E-state index >= 15 is 4.39 Å². The molecule has 0 saturated heterocycles. The minimum absolute atomic E-state index is 0.0329. The lowest BCUT2D eigenvalue weighted by molar-refractivity contribution is 0.102. The van der Waals surface area contributed by atoms with Crippen LogP contribution < -0.4 is 10.0 Å². The Labute approximate surface area is 273 Å². The highest BCUT2D eigenvalue weighted by Crippen LogP contribution is 2.44. The first-order chi connectivity index (χ1) is 21.8. The maximum Gasteiger partial charge on any atom is 0.267 e. The monoisotopic (exact) mass is 682 g/mol. The number of rotatable bonds is 9. The average Bonchev–Trinajstić information content (AvgIpc) is 3.45. The van der Waals surface area contributed by atoms with Gasteiger partial charge in [-0.05, 0) is 59.7 Å². The summed E-state index contributed by atoms with van der Waals surface area (Å²) in [5, 5.41) is 2.71. The molecule has 0 radical (unpaired) electrons. The van der Waals surface area contributed by atoms with E-state index in [0.29, 0.717) is 21.7 Å². The fourth-order valence-electron chi connectivity index (χ4n) is 4.54. The predicted octanol–water partition coefficient (Wildman–Crippen LogP) is 8.50. The highest BCUT2D eigenvalue weighted by atomic mass is 32.2. The van der Waals surface area contributed by atoms with Crippen molar-refractivity contribution in [3.05, 3.63) is 112 Å². The van der Waals surface area contributed by atoms with Crippen molar-refractivity contribution in [1.29, 1.82) is 0 Å². The molecule has 0 fully saturated rings. The van der Waals surface area contributed by atoms with Gasteiger partial charge in [-0.1, -0.05) is 51.1 Å². The first kappa shape index (κ1) is 33.2. The van der Waals surface area contributed by atoms with Crippen LogP contribution in [0.25, 0.3) is 21.7 Å². The second-order valence-corrected chi connectivity index (χ2v) is 14.8. The lowest BCUT2D eigenvalue weighted by Gasteiger charge is -2.15. The van der Waals surface area contributed by atoms with Crippen molar-refractivity contribution < 1.29 is 26.4 Å². The maximum absolute atomic E-state index is 16.1. The molecule has 5 rings (SSSR count). The van der Waals surface area contributed by atoms with Crippen molar-refractivity contribution in [3.63, 3.8) is 0 Å². The van der Waals surface area contributed by atoms with Crippen molar-refractivity contribution in [1.82, 2.24) is 9.97 Å². The van der Waals surface area contributed by atoms with E-state index in [1.165, 1.54) is 29.7 Å². The lowest BCUT2D eigenvalue weighted by atomic mass is 9.93. The van der Waals surface area contributed by atoms with Crippen LogP contribution in [0.15, 0.2) is 83.9 Å². The molecule has 2 heterocycles. The number of carbonyl (C=O) groups excluding carboxylic acids is 1. The number of anilines is 2. The number of aromatic nitrogens is 2. The molecule has 0 aliphatic carbocycles. The molecule has 0 saturated carbocycles. The van der Waals surface area contributed by atoms with Gasteiger partial charge in [0, 0.05) is 33.5 Å². The van der Waals surface area contributed by atoms with Crippen LogP contribution in [0.5, 0.6) is 0 Å². The molecule has 5 aromatic rings. The normalized spacial score (nSPS) is 11.8. The van der Waals surface area contributed by atoms with E-state index in [1.54, 1.807) is 36.0 Å². The van der Waals surface area contributed by atoms with Gasteiger partial charge in [-0.15, -0.1) is 11.3 Å². The van der Waals surface area contributed by atoms with Crippen molar-refractivity contribution in [2.24, 2.45) is 0 Å². The maximum atomic E-state index is 16.1. The number of sulfonamides is 1. The standard InChI is InChI=1S/C33H29F3N4O3S3/c1-33(2,3)27-17-22(21-7-5-10-25(28(21)36)40-46(42,43)30-23(34)8-6-9-24(30)35)29(45-27)26-15-16-37-32(38-26)39-31(41)20-13-11-19(12-14-20)18-44-4/h5-17,40H,18H2,1-4H3,(H,37,38,39,41). The topological polar surface area (TPSA) is 101 Å². The van der Waals surface area contributed by atoms with E-state index in [-0.39, 0.29) is 16.9 Å². The lowest BCUT2D eigenvalue weighted by Crippen LogP contribution is -2.17. The number of benzene rings is 3. The molecular formula is C33H29F3N4O3S3. The molecule has 0 atom stereocenters. The van der Waals surface area contributed by atoms with Gasteiger partial charge in [0.1, 0.15) is 11.6 Å². The van der Waals surface area contributed by atoms with Crippen LogP contribution in [0.4, 0.5) is 24.8 Å². The number of nitrogens with one attached hydrogen (secondary N) is 2. The summed E-state index contributed by atoms with van der Waals surface area (Å²) < 4.78 is 72.6. The molecule has 0 aliphatic rings. The minimum atomic E-state index is -4.82. The van der Waals surface area contributed by atoms with Gasteiger partial charge in [-0.3, -0.25) is 14.8 Å². The summed E-state index contributed by atoms with van der Waals surface area (Å²) in [7, 11) is -4.82. The SMILES string of the molecule is CSCc1ccc(C(=O)Nc2nccc(-c3sc(C(C)(C)C)cc3-c3cccc(NS(=O)(=O)c4c(F)cccc4F)c3F)n2)cc1. The Morgan fingerprint density at radius 2 is 1.61 bits per heavy atom. The Kier molecular flexibility index (Phi) is 9.57. The zero-order chi connectivity index (χ0) is 33.2. The Morgan fingerprint density at radius 3 is 2.26 bits per heavy atom. The number of thiophene rings is 1. The van der Waals surface area contributed by atoms with Gasteiger partial charge in [0.05, 0.1) is 16.3 Å². The quantitative estimate of drug-likeness (QED) is 0.162. The molecule has 0 bridgehead atoms. The van der Waals surface area contributed by atoms with Gasteiger partial charge in [-0.25, -0.2) is 31.6 Å². The third-order valence-electron chi connectivity index (χ3n) is 6.83. The number of carbonyl (C=O) groups is 1. The number of amides is 1. The summed E-state index contributed by atoms with van der Waals surface area (Å²) in [6.45, 7) is 5.98. The van der Waals surface area contributed by atoms with E-state index in [4.69, 9.17) is 0 Å². The van der Waals surface area contributed by atoms with Crippen LogP contribution in [0, 0.1) is 17.5 Å². The highest BCUT2D eigenvalue weighted by molar-refractivity contribution is 7.97. The molecule has 2 aromatic heterocycles. The summed E-state index contributed by atoms with van der Waals surface area (Å²) in [4.78, 5) is 21.9. The Balaban J connectivity index is 1.52. The number of hydrogen-bond acceptors (Lipinski definition) is 7. The largest absolute Gasteiger partial charge is 0.290 e. The fourth-order valence-corrected chi connectivity index (χ4v) is 7.47. The summed E-state index contributed by atoms with van der Waals surface area (Å²) in [6, 6.07) is 17.3. The number of nitrogens with zero attached hydrogens (tertiary/aromatic N) is 2. The first-order valence-electron chi connectivity index (χ1n) is 13.9. The molecule has 0 aliphatic heterocycles. The zero-order valence-corrected chi connectivity index (χ0v) is 27.6. The van der Waals surface area contributed by atoms with E-state index in [9.17, 15) is 22.0 Å². The van der Waals surface area contributed by atoms with Gasteiger partial charge < -0.3 is 0 Å². The second kappa shape index (κ2) is 13.3. The van der Waals surface area contributed by atoms with Crippen molar-refractivity contribution in [3.8, 4) is 21.7 Å². The molecule has 1 amide bonds. The van der Waals surface area contributed by atoms with E-state index < -0.39 is 44.0 Å². The Morgan fingerprint density at radius 1 is 0.935 bits per heavy atom. The van der Waals surface area contributed by atoms with Gasteiger partial charge in [-0.2, -0.15) is 11.8 Å². The molecule has 13 heteroatoms. The summed E-state index contributed by atoms with van der Waals surface area (Å²) in [5.41, 5.74) is 1.52. The van der Waals surface area contributed by atoms with Crippen molar-refractivity contribution in [2.75, 3.05) is 16.3 Å². The number of halogens is 3. The van der Waals surface area contributed by atoms with Crippen LogP contribution in [-0.4, -0.2) is 30.5 Å². The molecule has 7 nitrogen and oxygen atoms in total. The first-order valence-corrected chi connectivity index (χ1v) is 17.6. The minimum Gasteiger partial charge on any atom is -0.290 e. The van der Waals surface area contributed by atoms with Crippen LogP contribution in [0.2, 0.25) is 0 Å². The Bertz CT molecular complexity index is 2010. The molecular weight excluding hydrogens is 654 g/mol. The van der Waals surface area contributed by atoms with Gasteiger partial charge in [0.15, 0.2) is 10.7 Å². The predicted molar refractivity (Wildman–Crippen MR) is 178 cm³/mol. The van der Waals surface area contributed by atoms with Crippen LogP contribution >= 0.6 is 23.1 Å². The van der Waals surface area contributed by atoms with Gasteiger partial charge in [0.2, 0.25) is 5.95 Å². The highest BCUT2D eigenvalue weighted by Gasteiger charge is 2.28. The molecule has 2 N–H and O–H groups in total. The summed E-state index contributed by atoms with van der Waals surface area (Å²) in [5.74, 6) is -3.09. The third-order valence-corrected chi connectivity index (χ3v) is 10.5. The fraction of sp³-hybridized carbons (Fsp3) is 0.182. The molecule has 0 spiro atoms. The zero-order valence-electron chi connectivity index (χ0n) is 25.2. The van der Waals surface area contributed by atoms with Gasteiger partial charge in [0.25, 0.3) is 15.9 Å². The molecule has 238 valence electrons. The summed E-state index contributed by atoms with van der Waals surface area (Å²) >= 11 is 3.04. The smallest absolute Gasteiger partial charge is 0.267 e. The van der Waals surface area contributed by atoms with E-state index in [1.807, 2.05) is 43.9 Å². The summed E-state index contributed by atoms with van der Waals surface area (Å²) in [6.07, 6.45) is 3.47. The van der Waals surface area contributed by atoms with Gasteiger partial charge >= 0.3 is 0 Å². The van der Waals surface area contributed by atoms with E-state index in [0.717, 1.165) is 40.5 Å². The van der Waals surface area contributed by atoms with Crippen LogP contribution in [0.3, 0.4) is 0 Å². The molecule has 3 aromatic carbocycles. The molecule has 46 heavy (non-hydrogen) atoms. The third kappa shape index (κ3) is 7.11. The van der Waals surface area contributed by atoms with Crippen LogP contribution in [-0.2, 0) is 21.2 Å². The average molecular weight is 683 g/mol. The van der Waals surface area contributed by atoms with Crippen molar-refractivity contribution in [2.45, 2.75) is 36.8 Å². The van der Waals surface area contributed by atoms with E-state index in [2.05, 4.69) is 15.3 Å². The number of thioether (sulfide) groups is 1. The van der Waals surface area contributed by atoms with Crippen molar-refractivity contribution >= 4 is 50.7 Å². The van der Waals surface area contributed by atoms with Crippen LogP contribution in [0.1, 0.15) is 41.6 Å². The molecule has 0 unspecified atom stereocenters. The second-order valence-electron chi connectivity index (χ2n) is 11.3. The number of hydrogen-bond donors (Lipinski definition) is 2. The Hall–Kier alpha value is -4.20.